The third-order valence-electron chi connectivity index (χ3n) is 4.00. The molecule has 0 aliphatic heterocycles. The van der Waals surface area contributed by atoms with Gasteiger partial charge >= 0.3 is 5.97 Å². The number of esters is 1. The molecule has 0 fully saturated rings. The zero-order valence-electron chi connectivity index (χ0n) is 15.6. The first-order valence-corrected chi connectivity index (χ1v) is 8.02. The zero-order valence-corrected chi connectivity index (χ0v) is 15.6. The van der Waals surface area contributed by atoms with Crippen molar-refractivity contribution in [1.82, 2.24) is 4.90 Å². The lowest BCUT2D eigenvalue weighted by atomic mass is 10.1. The Balaban J connectivity index is 2.05. The lowest BCUT2D eigenvalue weighted by Crippen LogP contribution is -2.27. The number of furan rings is 1. The van der Waals surface area contributed by atoms with E-state index < -0.39 is 5.97 Å². The highest BCUT2D eigenvalue weighted by Gasteiger charge is 2.18. The van der Waals surface area contributed by atoms with Crippen LogP contribution in [0.1, 0.15) is 27.4 Å². The van der Waals surface area contributed by atoms with Crippen LogP contribution in [0.5, 0.6) is 11.5 Å². The predicted molar refractivity (Wildman–Crippen MR) is 94.5 cm³/mol. The lowest BCUT2D eigenvalue weighted by molar-refractivity contribution is -0.129. The smallest absolute Gasteiger partial charge is 0.341 e. The van der Waals surface area contributed by atoms with E-state index in [4.69, 9.17) is 18.6 Å². The molecule has 0 aliphatic carbocycles. The minimum absolute atomic E-state index is 0.0918. The van der Waals surface area contributed by atoms with Crippen LogP contribution in [0.25, 0.3) is 0 Å². The molecule has 2 aromatic rings. The lowest BCUT2D eigenvalue weighted by Gasteiger charge is -2.16. The molecule has 0 spiro atoms. The molecule has 0 atom stereocenters. The summed E-state index contributed by atoms with van der Waals surface area (Å²) in [5.41, 5.74) is 1.17. The van der Waals surface area contributed by atoms with Crippen molar-refractivity contribution in [2.45, 2.75) is 19.9 Å². The van der Waals surface area contributed by atoms with Crippen LogP contribution in [0.2, 0.25) is 0 Å². The molecule has 1 amide bonds. The Morgan fingerprint density at radius 2 is 1.77 bits per heavy atom. The van der Waals surface area contributed by atoms with Crippen LogP contribution in [-0.4, -0.2) is 45.2 Å². The number of methoxy groups -OCH3 is 3. The van der Waals surface area contributed by atoms with E-state index in [1.807, 2.05) is 6.07 Å². The quantitative estimate of drug-likeness (QED) is 0.706. The van der Waals surface area contributed by atoms with Crippen LogP contribution in [0.3, 0.4) is 0 Å². The number of carbonyl (C=O) groups excluding carboxylic acids is 2. The van der Waals surface area contributed by atoms with Crippen LogP contribution in [0.15, 0.2) is 28.7 Å². The summed E-state index contributed by atoms with van der Waals surface area (Å²) in [6.45, 7) is 1.94. The Morgan fingerprint density at radius 3 is 2.38 bits per heavy atom. The average Bonchev–Trinajstić information content (AvgIpc) is 3.00. The SMILES string of the molecule is COC(=O)c1cc(CN(C)C(=O)Cc2ccc(OC)c(OC)c2)oc1C. The van der Waals surface area contributed by atoms with Crippen molar-refractivity contribution in [2.24, 2.45) is 0 Å². The Morgan fingerprint density at radius 1 is 1.08 bits per heavy atom. The van der Waals surface area contributed by atoms with Crippen molar-refractivity contribution in [3.63, 3.8) is 0 Å². The summed E-state index contributed by atoms with van der Waals surface area (Å²) >= 11 is 0. The van der Waals surface area contributed by atoms with Gasteiger partial charge in [-0.15, -0.1) is 0 Å². The van der Waals surface area contributed by atoms with Gasteiger partial charge in [-0.05, 0) is 30.7 Å². The molecule has 1 aromatic carbocycles. The Kier molecular flexibility index (Phi) is 6.27. The maximum Gasteiger partial charge on any atom is 0.341 e. The summed E-state index contributed by atoms with van der Waals surface area (Å²) in [4.78, 5) is 25.6. The molecule has 1 heterocycles. The first-order valence-electron chi connectivity index (χ1n) is 8.02. The topological polar surface area (TPSA) is 78.2 Å². The molecule has 140 valence electrons. The molecular weight excluding hydrogens is 338 g/mol. The molecular formula is C19H23NO6. The van der Waals surface area contributed by atoms with Crippen molar-refractivity contribution in [1.29, 1.82) is 0 Å². The van der Waals surface area contributed by atoms with Gasteiger partial charge in [0.15, 0.2) is 11.5 Å². The number of hydrogen-bond acceptors (Lipinski definition) is 6. The fourth-order valence-electron chi connectivity index (χ4n) is 2.56. The molecule has 0 unspecified atom stereocenters. The minimum atomic E-state index is -0.461. The van der Waals surface area contributed by atoms with Crippen LogP contribution >= 0.6 is 0 Å². The molecule has 0 N–H and O–H groups in total. The number of amides is 1. The van der Waals surface area contributed by atoms with Gasteiger partial charge in [-0.25, -0.2) is 4.79 Å². The third-order valence-corrected chi connectivity index (χ3v) is 4.00. The molecule has 0 saturated carbocycles. The second-order valence-corrected chi connectivity index (χ2v) is 5.79. The van der Waals surface area contributed by atoms with Gasteiger partial charge in [0.25, 0.3) is 0 Å². The monoisotopic (exact) mass is 361 g/mol. The maximum absolute atomic E-state index is 12.5. The number of carbonyl (C=O) groups is 2. The number of nitrogens with zero attached hydrogens (tertiary/aromatic N) is 1. The normalized spacial score (nSPS) is 10.3. The Hall–Kier alpha value is -2.96. The largest absolute Gasteiger partial charge is 0.493 e. The van der Waals surface area contributed by atoms with Crippen LogP contribution in [0, 0.1) is 6.92 Å². The molecule has 0 aliphatic rings. The summed E-state index contributed by atoms with van der Waals surface area (Å²) < 4.78 is 20.7. The first kappa shape index (κ1) is 19.4. The van der Waals surface area contributed by atoms with Crippen molar-refractivity contribution in [3.8, 4) is 11.5 Å². The van der Waals surface area contributed by atoms with Crippen molar-refractivity contribution in [2.75, 3.05) is 28.4 Å². The molecule has 2 rings (SSSR count). The van der Waals surface area contributed by atoms with E-state index >= 15 is 0 Å². The molecule has 0 saturated heterocycles. The van der Waals surface area contributed by atoms with Gasteiger partial charge in [-0.1, -0.05) is 6.07 Å². The minimum Gasteiger partial charge on any atom is -0.493 e. The highest BCUT2D eigenvalue weighted by molar-refractivity contribution is 5.90. The van der Waals surface area contributed by atoms with Gasteiger partial charge in [0.2, 0.25) is 5.91 Å². The third kappa shape index (κ3) is 4.36. The molecule has 7 heteroatoms. The van der Waals surface area contributed by atoms with Crippen LogP contribution in [0.4, 0.5) is 0 Å². The maximum atomic E-state index is 12.5. The average molecular weight is 361 g/mol. The van der Waals surface area contributed by atoms with Gasteiger partial charge in [-0.3, -0.25) is 4.79 Å². The number of aryl methyl sites for hydroxylation is 1. The van der Waals surface area contributed by atoms with Crippen molar-refractivity contribution in [3.05, 3.63) is 46.9 Å². The van der Waals surface area contributed by atoms with Gasteiger partial charge in [0.1, 0.15) is 17.1 Å². The number of likely N-dealkylation sites (N-methyl/N-ethyl adjacent to an activating group) is 1. The van der Waals surface area contributed by atoms with Crippen molar-refractivity contribution < 1.29 is 28.2 Å². The Bertz CT molecular complexity index is 795. The highest BCUT2D eigenvalue weighted by Crippen LogP contribution is 2.28. The number of rotatable bonds is 7. The van der Waals surface area contributed by atoms with Crippen LogP contribution in [-0.2, 0) is 22.5 Å². The van der Waals surface area contributed by atoms with E-state index in [9.17, 15) is 9.59 Å². The number of ether oxygens (including phenoxy) is 3. The second-order valence-electron chi connectivity index (χ2n) is 5.79. The second kappa shape index (κ2) is 8.42. The summed E-state index contributed by atoms with van der Waals surface area (Å²) in [6, 6.07) is 6.96. The van der Waals surface area contributed by atoms with Gasteiger partial charge in [0, 0.05) is 7.05 Å². The zero-order chi connectivity index (χ0) is 19.3. The van der Waals surface area contributed by atoms with Crippen molar-refractivity contribution >= 4 is 11.9 Å². The van der Waals surface area contributed by atoms with Crippen LogP contribution < -0.4 is 9.47 Å². The fourth-order valence-corrected chi connectivity index (χ4v) is 2.56. The molecule has 0 radical (unpaired) electrons. The molecule has 26 heavy (non-hydrogen) atoms. The summed E-state index contributed by atoms with van der Waals surface area (Å²) in [5, 5.41) is 0. The van der Waals surface area contributed by atoms with E-state index in [1.165, 1.54) is 12.0 Å². The van der Waals surface area contributed by atoms with E-state index in [0.29, 0.717) is 28.6 Å². The first-order chi connectivity index (χ1) is 12.4. The molecule has 1 aromatic heterocycles. The van der Waals surface area contributed by atoms with E-state index in [0.717, 1.165) is 5.56 Å². The summed E-state index contributed by atoms with van der Waals surface area (Å²) in [6.07, 6.45) is 0.209. The molecule has 7 nitrogen and oxygen atoms in total. The Labute approximate surface area is 152 Å². The van der Waals surface area contributed by atoms with E-state index in [2.05, 4.69) is 0 Å². The standard InChI is InChI=1S/C19H23NO6/c1-12-15(19(22)25-5)10-14(26-12)11-20(2)18(21)9-13-6-7-16(23-3)17(8-13)24-4/h6-8,10H,9,11H2,1-5H3. The predicted octanol–water partition coefficient (Wildman–Crippen LogP) is 2.59. The van der Waals surface area contributed by atoms with E-state index in [1.54, 1.807) is 46.4 Å². The van der Waals surface area contributed by atoms with E-state index in [-0.39, 0.29) is 18.9 Å². The highest BCUT2D eigenvalue weighted by atomic mass is 16.5. The summed E-state index contributed by atoms with van der Waals surface area (Å²) in [7, 11) is 6.10. The number of hydrogen-bond donors (Lipinski definition) is 0. The molecule has 0 bridgehead atoms. The van der Waals surface area contributed by atoms with Gasteiger partial charge < -0.3 is 23.5 Å². The fraction of sp³-hybridized carbons (Fsp3) is 0.368. The summed E-state index contributed by atoms with van der Waals surface area (Å²) in [5.74, 6) is 1.62. The van der Waals surface area contributed by atoms with Gasteiger partial charge in [0.05, 0.1) is 34.3 Å². The number of benzene rings is 1. The van der Waals surface area contributed by atoms with Gasteiger partial charge in [-0.2, -0.15) is 0 Å².